The zero-order valence-electron chi connectivity index (χ0n) is 12.3. The number of nitrogens with one attached hydrogen (secondary N) is 1. The fourth-order valence-electron chi connectivity index (χ4n) is 2.00. The number of hydrogen-bond donors (Lipinski definition) is 1. The van der Waals surface area contributed by atoms with E-state index in [1.54, 1.807) is 23.1 Å². The largest absolute Gasteiger partial charge is 0.325 e. The van der Waals surface area contributed by atoms with Crippen LogP contribution in [0.25, 0.3) is 0 Å². The molecule has 2 heterocycles. The van der Waals surface area contributed by atoms with Gasteiger partial charge in [0.15, 0.2) is 0 Å². The zero-order valence-corrected chi connectivity index (χ0v) is 13.9. The minimum Gasteiger partial charge on any atom is -0.325 e. The Bertz CT molecular complexity index is 815. The highest BCUT2D eigenvalue weighted by molar-refractivity contribution is 7.99. The van der Waals surface area contributed by atoms with Crippen LogP contribution in [0.4, 0.5) is 5.69 Å². The number of carbonyl (C=O) groups excluding carboxylic acids is 1. The highest BCUT2D eigenvalue weighted by Crippen LogP contribution is 2.23. The smallest absolute Gasteiger partial charge is 0.234 e. The summed E-state index contributed by atoms with van der Waals surface area (Å²) in [4.78, 5) is 12.1. The van der Waals surface area contributed by atoms with Crippen molar-refractivity contribution in [2.75, 3.05) is 11.1 Å². The summed E-state index contributed by atoms with van der Waals surface area (Å²) >= 11 is 7.37. The summed E-state index contributed by atoms with van der Waals surface area (Å²) in [6.45, 7) is 1.87. The Morgan fingerprint density at radius 3 is 2.87 bits per heavy atom. The van der Waals surface area contributed by atoms with E-state index < -0.39 is 0 Å². The molecule has 23 heavy (non-hydrogen) atoms. The molecule has 0 atom stereocenters. The lowest BCUT2D eigenvalue weighted by atomic mass is 10.2. The fourth-order valence-corrected chi connectivity index (χ4v) is 2.89. The van der Waals surface area contributed by atoms with Gasteiger partial charge in [-0.15, -0.1) is 10.2 Å². The zero-order chi connectivity index (χ0) is 16.2. The Labute approximate surface area is 142 Å². The average molecular weight is 348 g/mol. The molecule has 118 valence electrons. The van der Waals surface area contributed by atoms with Crippen molar-refractivity contribution in [3.63, 3.8) is 0 Å². The monoisotopic (exact) mass is 347 g/mol. The molecule has 3 aromatic rings. The fraction of sp³-hybridized carbons (Fsp3) is 0.133. The van der Waals surface area contributed by atoms with Gasteiger partial charge in [-0.3, -0.25) is 9.47 Å². The van der Waals surface area contributed by atoms with Gasteiger partial charge in [-0.25, -0.2) is 4.68 Å². The van der Waals surface area contributed by atoms with E-state index in [0.29, 0.717) is 10.2 Å². The lowest BCUT2D eigenvalue weighted by Gasteiger charge is -2.10. The van der Waals surface area contributed by atoms with E-state index in [1.165, 1.54) is 11.8 Å². The number of aromatic nitrogens is 4. The van der Waals surface area contributed by atoms with E-state index in [1.807, 2.05) is 42.2 Å². The molecule has 0 unspecified atom stereocenters. The van der Waals surface area contributed by atoms with Crippen LogP contribution in [0.5, 0.6) is 0 Å². The number of benzene rings is 1. The summed E-state index contributed by atoms with van der Waals surface area (Å²) in [5, 5.41) is 12.0. The van der Waals surface area contributed by atoms with E-state index >= 15 is 0 Å². The Morgan fingerprint density at radius 2 is 2.09 bits per heavy atom. The second-order valence-electron chi connectivity index (χ2n) is 4.77. The van der Waals surface area contributed by atoms with Crippen LogP contribution in [0.3, 0.4) is 0 Å². The first-order chi connectivity index (χ1) is 11.1. The highest BCUT2D eigenvalue weighted by atomic mass is 35.5. The normalized spacial score (nSPS) is 10.7. The topological polar surface area (TPSA) is 64.7 Å². The molecule has 2 aromatic heterocycles. The number of amides is 1. The van der Waals surface area contributed by atoms with Crippen LogP contribution in [-0.4, -0.2) is 31.2 Å². The predicted molar refractivity (Wildman–Crippen MR) is 90.8 cm³/mol. The van der Waals surface area contributed by atoms with E-state index in [-0.39, 0.29) is 11.7 Å². The van der Waals surface area contributed by atoms with Gasteiger partial charge in [0.1, 0.15) is 6.33 Å². The number of anilines is 1. The number of carbonyl (C=O) groups is 1. The second kappa shape index (κ2) is 6.89. The third-order valence-corrected chi connectivity index (χ3v) is 4.55. The van der Waals surface area contributed by atoms with Crippen LogP contribution in [0.2, 0.25) is 5.02 Å². The van der Waals surface area contributed by atoms with Crippen LogP contribution in [0.15, 0.2) is 54.2 Å². The summed E-state index contributed by atoms with van der Waals surface area (Å²) in [5.41, 5.74) is 1.57. The quantitative estimate of drug-likeness (QED) is 0.720. The molecule has 0 saturated heterocycles. The van der Waals surface area contributed by atoms with E-state index in [0.717, 1.165) is 11.3 Å². The van der Waals surface area contributed by atoms with E-state index in [9.17, 15) is 4.79 Å². The number of hydrogen-bond acceptors (Lipinski definition) is 4. The Balaban J connectivity index is 1.64. The average Bonchev–Trinajstić information content (AvgIpc) is 3.20. The van der Waals surface area contributed by atoms with E-state index in [4.69, 9.17) is 11.6 Å². The Morgan fingerprint density at radius 1 is 1.30 bits per heavy atom. The van der Waals surface area contributed by atoms with Crippen molar-refractivity contribution in [3.8, 4) is 0 Å². The molecule has 3 rings (SSSR count). The summed E-state index contributed by atoms with van der Waals surface area (Å²) in [7, 11) is 0. The third kappa shape index (κ3) is 3.57. The van der Waals surface area contributed by atoms with Gasteiger partial charge in [-0.2, -0.15) is 0 Å². The second-order valence-corrected chi connectivity index (χ2v) is 6.12. The molecule has 6 nitrogen and oxygen atoms in total. The molecule has 1 amide bonds. The van der Waals surface area contributed by atoms with Crippen molar-refractivity contribution in [1.29, 1.82) is 0 Å². The molecular formula is C15H14ClN5OS. The van der Waals surface area contributed by atoms with Gasteiger partial charge in [0, 0.05) is 23.1 Å². The number of thioether (sulfide) groups is 1. The van der Waals surface area contributed by atoms with Crippen molar-refractivity contribution in [2.24, 2.45) is 0 Å². The van der Waals surface area contributed by atoms with Crippen LogP contribution in [0.1, 0.15) is 5.56 Å². The van der Waals surface area contributed by atoms with Gasteiger partial charge in [0.25, 0.3) is 0 Å². The first kappa shape index (κ1) is 15.6. The maximum atomic E-state index is 12.1. The number of rotatable bonds is 5. The molecule has 8 heteroatoms. The number of halogens is 1. The SMILES string of the molecule is Cc1c(Cl)cccc1NC(=O)CSc1nncn1-n1cccc1. The van der Waals surface area contributed by atoms with Crippen LogP contribution < -0.4 is 5.32 Å². The standard InChI is InChI=1S/C15H14ClN5OS/c1-11-12(16)5-4-6-13(11)18-14(22)9-23-15-19-17-10-21(15)20-7-2-3-8-20/h2-8,10H,9H2,1H3,(H,18,22). The molecule has 0 spiro atoms. The lowest BCUT2D eigenvalue weighted by Crippen LogP contribution is -2.16. The molecular weight excluding hydrogens is 334 g/mol. The van der Waals surface area contributed by atoms with Crippen molar-refractivity contribution in [1.82, 2.24) is 19.5 Å². The summed E-state index contributed by atoms with van der Waals surface area (Å²) < 4.78 is 3.60. The van der Waals surface area contributed by atoms with Gasteiger partial charge in [0.05, 0.1) is 5.75 Å². The van der Waals surface area contributed by atoms with Gasteiger partial charge >= 0.3 is 0 Å². The molecule has 0 fully saturated rings. The van der Waals surface area contributed by atoms with Crippen molar-refractivity contribution < 1.29 is 4.79 Å². The maximum absolute atomic E-state index is 12.1. The van der Waals surface area contributed by atoms with Crippen LogP contribution in [-0.2, 0) is 4.79 Å². The summed E-state index contributed by atoms with van der Waals surface area (Å²) in [6.07, 6.45) is 5.35. The molecule has 0 saturated carbocycles. The van der Waals surface area contributed by atoms with Crippen molar-refractivity contribution in [2.45, 2.75) is 12.1 Å². The highest BCUT2D eigenvalue weighted by Gasteiger charge is 2.11. The first-order valence-corrected chi connectivity index (χ1v) is 8.23. The Hall–Kier alpha value is -2.25. The lowest BCUT2D eigenvalue weighted by molar-refractivity contribution is -0.113. The minimum absolute atomic E-state index is 0.123. The van der Waals surface area contributed by atoms with Crippen LogP contribution >= 0.6 is 23.4 Å². The predicted octanol–water partition coefficient (Wildman–Crippen LogP) is 3.08. The van der Waals surface area contributed by atoms with Gasteiger partial charge < -0.3 is 5.32 Å². The van der Waals surface area contributed by atoms with Gasteiger partial charge in [-0.05, 0) is 36.8 Å². The first-order valence-electron chi connectivity index (χ1n) is 6.86. The molecule has 0 aliphatic heterocycles. The van der Waals surface area contributed by atoms with Crippen molar-refractivity contribution >= 4 is 35.0 Å². The van der Waals surface area contributed by atoms with Crippen molar-refractivity contribution in [3.05, 3.63) is 59.6 Å². The summed E-state index contributed by atoms with van der Waals surface area (Å²) in [5.74, 6) is 0.105. The third-order valence-electron chi connectivity index (χ3n) is 3.21. The minimum atomic E-state index is -0.123. The molecule has 0 aliphatic rings. The number of nitrogens with zero attached hydrogens (tertiary/aromatic N) is 4. The Kier molecular flexibility index (Phi) is 4.68. The molecule has 0 radical (unpaired) electrons. The summed E-state index contributed by atoms with van der Waals surface area (Å²) in [6, 6.07) is 9.24. The molecule has 1 aromatic carbocycles. The molecule has 0 bridgehead atoms. The molecule has 0 aliphatic carbocycles. The van der Waals surface area contributed by atoms with E-state index in [2.05, 4.69) is 15.5 Å². The van der Waals surface area contributed by atoms with Crippen LogP contribution in [0, 0.1) is 6.92 Å². The van der Waals surface area contributed by atoms with Gasteiger partial charge in [-0.1, -0.05) is 29.4 Å². The molecule has 1 N–H and O–H groups in total. The maximum Gasteiger partial charge on any atom is 0.234 e. The van der Waals surface area contributed by atoms with Gasteiger partial charge in [0.2, 0.25) is 11.1 Å².